The molecule has 1 aliphatic rings. The number of hydrogen-bond donors (Lipinski definition) is 1. The highest BCUT2D eigenvalue weighted by molar-refractivity contribution is 9.11. The molecule has 5 nitrogen and oxygen atoms in total. The average Bonchev–Trinajstić information content (AvgIpc) is 2.34. The maximum Gasteiger partial charge on any atom is 0.254 e. The first kappa shape index (κ1) is 12.9. The summed E-state index contributed by atoms with van der Waals surface area (Å²) in [6, 6.07) is 0. The van der Waals surface area contributed by atoms with Crippen molar-refractivity contribution >= 4 is 43.6 Å². The van der Waals surface area contributed by atoms with Gasteiger partial charge in [-0.25, -0.2) is 9.97 Å². The number of anilines is 1. The van der Waals surface area contributed by atoms with E-state index in [1.165, 1.54) is 6.20 Å². The predicted octanol–water partition coefficient (Wildman–Crippen LogP) is 2.51. The first-order valence-corrected chi connectivity index (χ1v) is 6.86. The van der Waals surface area contributed by atoms with Gasteiger partial charge in [-0.2, -0.15) is 0 Å². The molecular formula is C10H11Br2N3O2. The monoisotopic (exact) mass is 363 g/mol. The van der Waals surface area contributed by atoms with Gasteiger partial charge in [0.2, 0.25) is 0 Å². The largest absolute Gasteiger partial charge is 0.368 e. The zero-order valence-electron chi connectivity index (χ0n) is 8.95. The van der Waals surface area contributed by atoms with Gasteiger partial charge in [0.05, 0.1) is 6.20 Å². The third kappa shape index (κ3) is 3.46. The Balaban J connectivity index is 2.02. The van der Waals surface area contributed by atoms with E-state index in [-0.39, 0.29) is 12.0 Å². The van der Waals surface area contributed by atoms with E-state index in [1.807, 2.05) is 0 Å². The second-order valence-corrected chi connectivity index (χ2v) is 5.24. The van der Waals surface area contributed by atoms with Crippen LogP contribution in [0.5, 0.6) is 0 Å². The van der Waals surface area contributed by atoms with Crippen LogP contribution in [0.25, 0.3) is 0 Å². The van der Waals surface area contributed by atoms with Crippen molar-refractivity contribution in [3.05, 3.63) is 15.4 Å². The topological polar surface area (TPSA) is 64.1 Å². The molecule has 1 fully saturated rings. The minimum atomic E-state index is -0.374. The predicted molar refractivity (Wildman–Crippen MR) is 69.7 cm³/mol. The summed E-state index contributed by atoms with van der Waals surface area (Å²) in [5.74, 6) is 0.245. The van der Waals surface area contributed by atoms with Crippen molar-refractivity contribution in [2.24, 2.45) is 0 Å². The minimum Gasteiger partial charge on any atom is -0.368 e. The molecule has 1 N–H and O–H groups in total. The molecule has 1 amide bonds. The van der Waals surface area contributed by atoms with Gasteiger partial charge in [-0.1, -0.05) is 0 Å². The third-order valence-electron chi connectivity index (χ3n) is 2.41. The van der Waals surface area contributed by atoms with E-state index < -0.39 is 0 Å². The van der Waals surface area contributed by atoms with Crippen molar-refractivity contribution in [2.75, 3.05) is 11.9 Å². The summed E-state index contributed by atoms with van der Waals surface area (Å²) < 4.78 is 6.49. The summed E-state index contributed by atoms with van der Waals surface area (Å²) >= 11 is 6.44. The molecule has 0 aromatic carbocycles. The lowest BCUT2D eigenvalue weighted by atomic mass is 10.1. The molecule has 0 saturated carbocycles. The number of halogens is 2. The molecule has 1 atom stereocenters. The summed E-state index contributed by atoms with van der Waals surface area (Å²) in [4.78, 5) is 20.0. The average molecular weight is 365 g/mol. The second kappa shape index (κ2) is 5.88. The van der Waals surface area contributed by atoms with Gasteiger partial charge in [-0.3, -0.25) is 4.79 Å². The van der Waals surface area contributed by atoms with E-state index in [1.54, 1.807) is 0 Å². The summed E-state index contributed by atoms with van der Waals surface area (Å²) in [7, 11) is 0. The van der Waals surface area contributed by atoms with Crippen molar-refractivity contribution in [3.63, 3.8) is 0 Å². The number of aromatic nitrogens is 2. The Hall–Kier alpha value is -0.530. The number of nitrogens with zero attached hydrogens (tertiary/aromatic N) is 2. The molecule has 0 bridgehead atoms. The fourth-order valence-corrected chi connectivity index (χ4v) is 2.49. The van der Waals surface area contributed by atoms with Crippen molar-refractivity contribution in [1.29, 1.82) is 0 Å². The van der Waals surface area contributed by atoms with Crippen LogP contribution in [0.15, 0.2) is 15.4 Å². The van der Waals surface area contributed by atoms with Gasteiger partial charge < -0.3 is 10.1 Å². The third-order valence-corrected chi connectivity index (χ3v) is 3.35. The van der Waals surface area contributed by atoms with Crippen LogP contribution in [-0.2, 0) is 9.53 Å². The van der Waals surface area contributed by atoms with Crippen molar-refractivity contribution in [2.45, 2.75) is 25.4 Å². The van der Waals surface area contributed by atoms with Crippen molar-refractivity contribution < 1.29 is 9.53 Å². The van der Waals surface area contributed by atoms with Crippen LogP contribution < -0.4 is 5.32 Å². The molecule has 2 heterocycles. The van der Waals surface area contributed by atoms with Crippen LogP contribution in [0.1, 0.15) is 19.3 Å². The smallest absolute Gasteiger partial charge is 0.254 e. The number of nitrogens with one attached hydrogen (secondary N) is 1. The molecule has 0 aliphatic carbocycles. The molecule has 7 heteroatoms. The molecule has 0 spiro atoms. The minimum absolute atomic E-state index is 0.165. The number of carbonyl (C=O) groups excluding carboxylic acids is 1. The van der Waals surface area contributed by atoms with Gasteiger partial charge in [-0.15, -0.1) is 0 Å². The summed E-state index contributed by atoms with van der Waals surface area (Å²) in [5.41, 5.74) is 0. The van der Waals surface area contributed by atoms with Crippen LogP contribution in [0.3, 0.4) is 0 Å². The van der Waals surface area contributed by atoms with Crippen molar-refractivity contribution in [3.8, 4) is 0 Å². The number of rotatable bonds is 2. The lowest BCUT2D eigenvalue weighted by Gasteiger charge is -2.21. The molecule has 1 aliphatic heterocycles. The molecule has 0 radical (unpaired) electrons. The Bertz CT molecular complexity index is 422. The van der Waals surface area contributed by atoms with Gasteiger partial charge >= 0.3 is 0 Å². The summed E-state index contributed by atoms with van der Waals surface area (Å²) in [5, 5.41) is 2.70. The van der Waals surface area contributed by atoms with Gasteiger partial charge in [0.1, 0.15) is 15.3 Å². The fraction of sp³-hybridized carbons (Fsp3) is 0.500. The number of hydrogen-bond acceptors (Lipinski definition) is 4. The molecule has 2 rings (SSSR count). The van der Waals surface area contributed by atoms with Crippen molar-refractivity contribution in [1.82, 2.24) is 9.97 Å². The van der Waals surface area contributed by atoms with E-state index in [4.69, 9.17) is 4.74 Å². The Morgan fingerprint density at radius 3 is 2.94 bits per heavy atom. The SMILES string of the molecule is O=C(Nc1ncc(Br)nc1Br)C1CCCCO1. The summed E-state index contributed by atoms with van der Waals surface area (Å²) in [6.07, 6.45) is 3.95. The quantitative estimate of drug-likeness (QED) is 0.875. The molecule has 17 heavy (non-hydrogen) atoms. The molecule has 1 aromatic heterocycles. The maximum absolute atomic E-state index is 11.9. The maximum atomic E-state index is 11.9. The van der Waals surface area contributed by atoms with E-state index in [9.17, 15) is 4.79 Å². The molecule has 92 valence electrons. The summed E-state index contributed by atoms with van der Waals surface area (Å²) in [6.45, 7) is 0.644. The fourth-order valence-electron chi connectivity index (χ4n) is 1.58. The van der Waals surface area contributed by atoms with Gasteiger partial charge in [0.25, 0.3) is 5.91 Å². The Labute approximate surface area is 116 Å². The normalized spacial score (nSPS) is 20.0. The molecular weight excluding hydrogens is 354 g/mol. The van der Waals surface area contributed by atoms with Gasteiger partial charge in [0.15, 0.2) is 5.82 Å². The molecule has 1 unspecified atom stereocenters. The van der Waals surface area contributed by atoms with E-state index in [0.29, 0.717) is 21.6 Å². The van der Waals surface area contributed by atoms with E-state index >= 15 is 0 Å². The standard InChI is InChI=1S/C10H11Br2N3O2/c11-7-5-13-9(8(12)14-7)15-10(16)6-3-1-2-4-17-6/h5-6H,1-4H2,(H,13,15,16). The van der Waals surface area contributed by atoms with Crippen LogP contribution in [0.4, 0.5) is 5.82 Å². The highest BCUT2D eigenvalue weighted by Gasteiger charge is 2.23. The second-order valence-electron chi connectivity index (χ2n) is 3.68. The highest BCUT2D eigenvalue weighted by atomic mass is 79.9. The van der Waals surface area contributed by atoms with Crippen LogP contribution in [0.2, 0.25) is 0 Å². The zero-order valence-corrected chi connectivity index (χ0v) is 12.1. The van der Waals surface area contributed by atoms with Gasteiger partial charge in [-0.05, 0) is 51.1 Å². The first-order valence-electron chi connectivity index (χ1n) is 5.27. The lowest BCUT2D eigenvalue weighted by molar-refractivity contribution is -0.130. The Morgan fingerprint density at radius 1 is 1.47 bits per heavy atom. The van der Waals surface area contributed by atoms with Crippen LogP contribution >= 0.6 is 31.9 Å². The number of amides is 1. The van der Waals surface area contributed by atoms with Gasteiger partial charge in [0, 0.05) is 6.61 Å². The zero-order chi connectivity index (χ0) is 12.3. The molecule has 1 aromatic rings. The number of carbonyl (C=O) groups is 1. The molecule has 1 saturated heterocycles. The van der Waals surface area contributed by atoms with Crippen LogP contribution in [0, 0.1) is 0 Å². The van der Waals surface area contributed by atoms with E-state index in [2.05, 4.69) is 47.1 Å². The number of ether oxygens (including phenoxy) is 1. The lowest BCUT2D eigenvalue weighted by Crippen LogP contribution is -2.33. The Kier molecular flexibility index (Phi) is 4.47. The van der Waals surface area contributed by atoms with E-state index in [0.717, 1.165) is 19.3 Å². The van der Waals surface area contributed by atoms with Crippen LogP contribution in [-0.4, -0.2) is 28.6 Å². The Morgan fingerprint density at radius 2 is 2.29 bits per heavy atom. The highest BCUT2D eigenvalue weighted by Crippen LogP contribution is 2.21. The first-order chi connectivity index (χ1) is 8.16.